The van der Waals surface area contributed by atoms with E-state index in [1.54, 1.807) is 12.1 Å². The van der Waals surface area contributed by atoms with Gasteiger partial charge < -0.3 is 9.94 Å². The predicted molar refractivity (Wildman–Crippen MR) is 73.6 cm³/mol. The predicted octanol–water partition coefficient (Wildman–Crippen LogP) is 3.84. The lowest BCUT2D eigenvalue weighted by atomic mass is 9.76. The van der Waals surface area contributed by atoms with E-state index < -0.39 is 0 Å². The van der Waals surface area contributed by atoms with E-state index in [4.69, 9.17) is 9.94 Å². The zero-order valence-electron chi connectivity index (χ0n) is 10.9. The summed E-state index contributed by atoms with van der Waals surface area (Å²) < 4.78 is 18.6. The Kier molecular flexibility index (Phi) is 3.67. The average Bonchev–Trinajstić information content (AvgIpc) is 2.41. The first-order chi connectivity index (χ1) is 9.74. The van der Waals surface area contributed by atoms with Crippen molar-refractivity contribution in [2.24, 2.45) is 0 Å². The number of hydrogen-bond acceptors (Lipinski definition) is 3. The van der Waals surface area contributed by atoms with Crippen molar-refractivity contribution < 1.29 is 14.3 Å². The Morgan fingerprint density at radius 2 is 1.80 bits per heavy atom. The molecule has 1 fully saturated rings. The van der Waals surface area contributed by atoms with Crippen molar-refractivity contribution in [1.82, 2.24) is 5.48 Å². The fraction of sp³-hybridized carbons (Fsp3) is 0.250. The zero-order valence-corrected chi connectivity index (χ0v) is 10.9. The maximum Gasteiger partial charge on any atom is 0.127 e. The average molecular weight is 273 g/mol. The van der Waals surface area contributed by atoms with Gasteiger partial charge in [0.25, 0.3) is 0 Å². The summed E-state index contributed by atoms with van der Waals surface area (Å²) in [7, 11) is 0. The van der Waals surface area contributed by atoms with Crippen LogP contribution in [0.2, 0.25) is 0 Å². The van der Waals surface area contributed by atoms with Gasteiger partial charge in [0, 0.05) is 6.04 Å². The fourth-order valence-corrected chi connectivity index (χ4v) is 2.47. The van der Waals surface area contributed by atoms with Crippen LogP contribution in [-0.2, 0) is 0 Å². The van der Waals surface area contributed by atoms with Gasteiger partial charge in [-0.2, -0.15) is 0 Å². The van der Waals surface area contributed by atoms with Gasteiger partial charge in [-0.1, -0.05) is 12.1 Å². The maximum absolute atomic E-state index is 12.8. The molecule has 2 N–H and O–H groups in total. The van der Waals surface area contributed by atoms with Crippen molar-refractivity contribution in [1.29, 1.82) is 0 Å². The monoisotopic (exact) mass is 273 g/mol. The Hall–Kier alpha value is -1.91. The van der Waals surface area contributed by atoms with Crippen LogP contribution in [0.4, 0.5) is 4.39 Å². The van der Waals surface area contributed by atoms with Crippen LogP contribution in [-0.4, -0.2) is 11.2 Å². The minimum Gasteiger partial charge on any atom is -0.457 e. The lowest BCUT2D eigenvalue weighted by molar-refractivity contribution is 0.0782. The fourth-order valence-electron chi connectivity index (χ4n) is 2.47. The second kappa shape index (κ2) is 5.61. The van der Waals surface area contributed by atoms with Gasteiger partial charge in [-0.25, -0.2) is 9.87 Å². The molecule has 1 saturated carbocycles. The van der Waals surface area contributed by atoms with E-state index in [1.165, 1.54) is 17.7 Å². The van der Waals surface area contributed by atoms with Crippen LogP contribution in [0.1, 0.15) is 24.3 Å². The SMILES string of the molecule is ONC1CC(c2cccc(Oc3ccc(F)cc3)c2)C1. The summed E-state index contributed by atoms with van der Waals surface area (Å²) in [6, 6.07) is 14.1. The molecule has 0 atom stereocenters. The molecule has 0 amide bonds. The number of hydroxylamine groups is 1. The third-order valence-electron chi connectivity index (χ3n) is 3.70. The van der Waals surface area contributed by atoms with E-state index in [-0.39, 0.29) is 11.9 Å². The van der Waals surface area contributed by atoms with Crippen LogP contribution >= 0.6 is 0 Å². The smallest absolute Gasteiger partial charge is 0.127 e. The first-order valence-electron chi connectivity index (χ1n) is 6.67. The highest BCUT2D eigenvalue weighted by molar-refractivity contribution is 5.36. The van der Waals surface area contributed by atoms with Crippen molar-refractivity contribution >= 4 is 0 Å². The minimum absolute atomic E-state index is 0.196. The van der Waals surface area contributed by atoms with Crippen molar-refractivity contribution in [3.05, 3.63) is 59.9 Å². The summed E-state index contributed by atoms with van der Waals surface area (Å²) in [5.41, 5.74) is 3.50. The molecule has 0 unspecified atom stereocenters. The van der Waals surface area contributed by atoms with Crippen molar-refractivity contribution in [3.63, 3.8) is 0 Å². The van der Waals surface area contributed by atoms with Gasteiger partial charge in [-0.15, -0.1) is 0 Å². The molecule has 20 heavy (non-hydrogen) atoms. The lowest BCUT2D eigenvalue weighted by Crippen LogP contribution is -2.38. The molecule has 3 nitrogen and oxygen atoms in total. The molecule has 4 heteroatoms. The molecular weight excluding hydrogens is 257 g/mol. The lowest BCUT2D eigenvalue weighted by Gasteiger charge is -2.34. The van der Waals surface area contributed by atoms with E-state index in [0.717, 1.165) is 18.6 Å². The highest BCUT2D eigenvalue weighted by atomic mass is 19.1. The molecule has 104 valence electrons. The Bertz CT molecular complexity index is 579. The number of halogens is 1. The summed E-state index contributed by atoms with van der Waals surface area (Å²) in [6.07, 6.45) is 1.85. The summed E-state index contributed by atoms with van der Waals surface area (Å²) in [4.78, 5) is 0. The molecule has 1 aliphatic rings. The largest absolute Gasteiger partial charge is 0.457 e. The van der Waals surface area contributed by atoms with Gasteiger partial charge in [0.15, 0.2) is 0 Å². The van der Waals surface area contributed by atoms with Crippen LogP contribution in [0.3, 0.4) is 0 Å². The van der Waals surface area contributed by atoms with Crippen LogP contribution in [0, 0.1) is 5.82 Å². The summed E-state index contributed by atoms with van der Waals surface area (Å²) in [5.74, 6) is 1.54. The van der Waals surface area contributed by atoms with Crippen molar-refractivity contribution in [3.8, 4) is 11.5 Å². The van der Waals surface area contributed by atoms with Crippen molar-refractivity contribution in [2.75, 3.05) is 0 Å². The normalized spacial score (nSPS) is 21.3. The van der Waals surface area contributed by atoms with E-state index in [2.05, 4.69) is 11.5 Å². The third-order valence-corrected chi connectivity index (χ3v) is 3.70. The first-order valence-corrected chi connectivity index (χ1v) is 6.67. The molecule has 1 aliphatic carbocycles. The topological polar surface area (TPSA) is 41.5 Å². The quantitative estimate of drug-likeness (QED) is 0.831. The van der Waals surface area contributed by atoms with Gasteiger partial charge in [-0.05, 0) is 60.7 Å². The van der Waals surface area contributed by atoms with E-state index in [1.807, 2.05) is 18.2 Å². The first kappa shape index (κ1) is 13.1. The summed E-state index contributed by atoms with van der Waals surface area (Å²) in [6.45, 7) is 0. The van der Waals surface area contributed by atoms with Gasteiger partial charge in [0.05, 0.1) is 0 Å². The molecule has 2 aromatic carbocycles. The number of ether oxygens (including phenoxy) is 1. The molecule has 0 spiro atoms. The van der Waals surface area contributed by atoms with E-state index in [9.17, 15) is 4.39 Å². The Morgan fingerprint density at radius 1 is 1.05 bits per heavy atom. The molecular formula is C16H16FNO2. The summed E-state index contributed by atoms with van der Waals surface area (Å²) >= 11 is 0. The minimum atomic E-state index is -0.275. The maximum atomic E-state index is 12.8. The van der Waals surface area contributed by atoms with Gasteiger partial charge >= 0.3 is 0 Å². The molecule has 0 bridgehead atoms. The Balaban J connectivity index is 1.70. The van der Waals surface area contributed by atoms with Crippen LogP contribution in [0.5, 0.6) is 11.5 Å². The van der Waals surface area contributed by atoms with Gasteiger partial charge in [-0.3, -0.25) is 0 Å². The van der Waals surface area contributed by atoms with Crippen LogP contribution in [0.15, 0.2) is 48.5 Å². The standard InChI is InChI=1S/C16H16FNO2/c17-13-4-6-15(7-5-13)20-16-3-1-2-11(10-16)12-8-14(9-12)18-19/h1-7,10,12,14,18-19H,8-9H2. The third kappa shape index (κ3) is 2.81. The molecule has 0 radical (unpaired) electrons. The number of rotatable bonds is 4. The Morgan fingerprint density at radius 3 is 2.50 bits per heavy atom. The Labute approximate surface area is 117 Å². The van der Waals surface area contributed by atoms with E-state index >= 15 is 0 Å². The van der Waals surface area contributed by atoms with Crippen molar-refractivity contribution in [2.45, 2.75) is 24.8 Å². The number of benzene rings is 2. The summed E-state index contributed by atoms with van der Waals surface area (Å²) in [5, 5.41) is 8.82. The number of hydrogen-bond donors (Lipinski definition) is 2. The van der Waals surface area contributed by atoms with Crippen LogP contribution in [0.25, 0.3) is 0 Å². The molecule has 0 heterocycles. The highest BCUT2D eigenvalue weighted by Gasteiger charge is 2.29. The zero-order chi connectivity index (χ0) is 13.9. The second-order valence-electron chi connectivity index (χ2n) is 5.12. The number of nitrogens with one attached hydrogen (secondary N) is 1. The van der Waals surface area contributed by atoms with E-state index in [0.29, 0.717) is 11.7 Å². The molecule has 0 aromatic heterocycles. The highest BCUT2D eigenvalue weighted by Crippen LogP contribution is 2.38. The molecule has 2 aromatic rings. The van der Waals surface area contributed by atoms with Crippen LogP contribution < -0.4 is 10.2 Å². The molecule has 3 rings (SSSR count). The van der Waals surface area contributed by atoms with Gasteiger partial charge in [0.1, 0.15) is 17.3 Å². The molecule has 0 saturated heterocycles. The second-order valence-corrected chi connectivity index (χ2v) is 5.12. The van der Waals surface area contributed by atoms with Gasteiger partial charge in [0.2, 0.25) is 0 Å². The molecule has 0 aliphatic heterocycles.